The van der Waals surface area contributed by atoms with Crippen LogP contribution >= 0.6 is 10.7 Å². The van der Waals surface area contributed by atoms with Gasteiger partial charge in [-0.1, -0.05) is 19.9 Å². The fraction of sp³-hybridized carbons (Fsp3) is 0.417. The number of hydrogen-bond donors (Lipinski definition) is 1. The number of carbonyl (C=O) groups excluding carboxylic acids is 1. The summed E-state index contributed by atoms with van der Waals surface area (Å²) >= 11 is 0. The van der Waals surface area contributed by atoms with Crippen molar-refractivity contribution in [1.29, 1.82) is 0 Å². The minimum Gasteiger partial charge on any atom is -0.349 e. The van der Waals surface area contributed by atoms with E-state index in [0.717, 1.165) is 0 Å². The lowest BCUT2D eigenvalue weighted by Gasteiger charge is -2.17. The van der Waals surface area contributed by atoms with Crippen LogP contribution < -0.4 is 5.32 Å². The van der Waals surface area contributed by atoms with E-state index in [1.165, 1.54) is 18.2 Å². The van der Waals surface area contributed by atoms with Crippen LogP contribution in [0, 0.1) is 5.92 Å². The van der Waals surface area contributed by atoms with Gasteiger partial charge in [0, 0.05) is 22.3 Å². The quantitative estimate of drug-likeness (QED) is 0.866. The lowest BCUT2D eigenvalue weighted by Crippen LogP contribution is -2.36. The normalized spacial score (nSPS) is 13.4. The van der Waals surface area contributed by atoms with Gasteiger partial charge in [0.05, 0.1) is 4.90 Å². The number of hydrogen-bond acceptors (Lipinski definition) is 3. The topological polar surface area (TPSA) is 63.2 Å². The number of carbonyl (C=O) groups is 1. The third kappa shape index (κ3) is 3.99. The van der Waals surface area contributed by atoms with Crippen molar-refractivity contribution in [3.63, 3.8) is 0 Å². The summed E-state index contributed by atoms with van der Waals surface area (Å²) in [5, 5.41) is 2.80. The first-order chi connectivity index (χ1) is 8.21. The number of amides is 1. The van der Waals surface area contributed by atoms with Gasteiger partial charge in [0.25, 0.3) is 15.0 Å². The van der Waals surface area contributed by atoms with Gasteiger partial charge in [-0.05, 0) is 31.0 Å². The summed E-state index contributed by atoms with van der Waals surface area (Å²) in [6.07, 6.45) is 0. The summed E-state index contributed by atoms with van der Waals surface area (Å²) in [7, 11) is 1.42. The fourth-order valence-electron chi connectivity index (χ4n) is 1.25. The van der Waals surface area contributed by atoms with Crippen molar-refractivity contribution < 1.29 is 13.2 Å². The molecule has 0 spiro atoms. The molecule has 1 atom stereocenters. The average molecular weight is 290 g/mol. The molecular weight excluding hydrogens is 274 g/mol. The SMILES string of the molecule is CC(C)C(C)NC(=O)c1cccc(S(=O)(=O)Cl)c1. The van der Waals surface area contributed by atoms with E-state index in [0.29, 0.717) is 5.92 Å². The molecule has 0 radical (unpaired) electrons. The molecule has 6 heteroatoms. The van der Waals surface area contributed by atoms with Crippen LogP contribution in [0.5, 0.6) is 0 Å². The zero-order chi connectivity index (χ0) is 13.9. The van der Waals surface area contributed by atoms with Gasteiger partial charge in [-0.3, -0.25) is 4.79 Å². The second-order valence-electron chi connectivity index (χ2n) is 4.47. The molecule has 4 nitrogen and oxygen atoms in total. The van der Waals surface area contributed by atoms with Gasteiger partial charge < -0.3 is 5.32 Å². The molecule has 100 valence electrons. The van der Waals surface area contributed by atoms with Crippen molar-refractivity contribution in [3.05, 3.63) is 29.8 Å². The van der Waals surface area contributed by atoms with Crippen LogP contribution in [0.1, 0.15) is 31.1 Å². The molecule has 1 unspecified atom stereocenters. The molecule has 1 amide bonds. The first-order valence-electron chi connectivity index (χ1n) is 5.57. The van der Waals surface area contributed by atoms with Gasteiger partial charge in [0.15, 0.2) is 0 Å². The summed E-state index contributed by atoms with van der Waals surface area (Å²) in [5.74, 6) is -0.00717. The van der Waals surface area contributed by atoms with E-state index in [1.54, 1.807) is 6.07 Å². The monoisotopic (exact) mass is 289 g/mol. The molecule has 1 aromatic rings. The first kappa shape index (κ1) is 15.0. The van der Waals surface area contributed by atoms with Gasteiger partial charge in [-0.2, -0.15) is 0 Å². The molecule has 1 aromatic carbocycles. The Morgan fingerprint density at radius 3 is 2.39 bits per heavy atom. The number of halogens is 1. The van der Waals surface area contributed by atoms with E-state index >= 15 is 0 Å². The molecular formula is C12H16ClNO3S. The Kier molecular flexibility index (Phi) is 4.76. The highest BCUT2D eigenvalue weighted by Gasteiger charge is 2.15. The van der Waals surface area contributed by atoms with Gasteiger partial charge in [-0.25, -0.2) is 8.42 Å². The minimum atomic E-state index is -3.81. The van der Waals surface area contributed by atoms with Crippen LogP contribution in [-0.4, -0.2) is 20.4 Å². The maximum absolute atomic E-state index is 11.9. The molecule has 0 aliphatic rings. The van der Waals surface area contributed by atoms with Crippen molar-refractivity contribution in [2.45, 2.75) is 31.7 Å². The van der Waals surface area contributed by atoms with Crippen LogP contribution in [0.3, 0.4) is 0 Å². The maximum atomic E-state index is 11.9. The van der Waals surface area contributed by atoms with Crippen molar-refractivity contribution in [2.24, 2.45) is 5.92 Å². The minimum absolute atomic E-state index is 0.00812. The number of rotatable bonds is 4. The third-order valence-electron chi connectivity index (χ3n) is 2.74. The molecule has 0 aliphatic carbocycles. The second kappa shape index (κ2) is 5.71. The van der Waals surface area contributed by atoms with Crippen LogP contribution in [0.2, 0.25) is 0 Å². The van der Waals surface area contributed by atoms with Crippen molar-refractivity contribution in [1.82, 2.24) is 5.32 Å². The Morgan fingerprint density at radius 1 is 1.28 bits per heavy atom. The summed E-state index contributed by atoms with van der Waals surface area (Å²) in [6, 6.07) is 5.67. The van der Waals surface area contributed by atoms with Crippen LogP contribution in [-0.2, 0) is 9.05 Å². The predicted octanol–water partition coefficient (Wildman–Crippen LogP) is 2.39. The van der Waals surface area contributed by atoms with Gasteiger partial charge in [-0.15, -0.1) is 0 Å². The largest absolute Gasteiger partial charge is 0.349 e. The summed E-state index contributed by atoms with van der Waals surface area (Å²) in [5.41, 5.74) is 0.282. The Morgan fingerprint density at radius 2 is 1.89 bits per heavy atom. The molecule has 1 rings (SSSR count). The molecule has 0 aliphatic heterocycles. The highest BCUT2D eigenvalue weighted by atomic mass is 35.7. The fourth-order valence-corrected chi connectivity index (χ4v) is 2.04. The number of benzene rings is 1. The standard InChI is InChI=1S/C12H16ClNO3S/c1-8(2)9(3)14-12(15)10-5-4-6-11(7-10)18(13,16)17/h4-9H,1-3H3,(H,14,15). The third-order valence-corrected chi connectivity index (χ3v) is 4.09. The predicted molar refractivity (Wildman–Crippen MR) is 71.2 cm³/mol. The van der Waals surface area contributed by atoms with Crippen molar-refractivity contribution >= 4 is 25.6 Å². The molecule has 0 bridgehead atoms. The highest BCUT2D eigenvalue weighted by molar-refractivity contribution is 8.13. The summed E-state index contributed by atoms with van der Waals surface area (Å²) < 4.78 is 22.3. The van der Waals surface area contributed by atoms with Crippen LogP contribution in [0.4, 0.5) is 0 Å². The lowest BCUT2D eigenvalue weighted by atomic mass is 10.1. The Balaban J connectivity index is 2.94. The lowest BCUT2D eigenvalue weighted by molar-refractivity contribution is 0.0930. The second-order valence-corrected chi connectivity index (χ2v) is 7.04. The van der Waals surface area contributed by atoms with Gasteiger partial charge in [0.1, 0.15) is 0 Å². The van der Waals surface area contributed by atoms with E-state index in [-0.39, 0.29) is 22.4 Å². The van der Waals surface area contributed by atoms with Crippen molar-refractivity contribution in [3.8, 4) is 0 Å². The Bertz CT molecular complexity index is 540. The first-order valence-corrected chi connectivity index (χ1v) is 7.88. The number of nitrogens with one attached hydrogen (secondary N) is 1. The molecule has 1 N–H and O–H groups in total. The van der Waals surface area contributed by atoms with E-state index < -0.39 is 9.05 Å². The molecule has 18 heavy (non-hydrogen) atoms. The van der Waals surface area contributed by atoms with Crippen LogP contribution in [0.25, 0.3) is 0 Å². The molecule has 0 aromatic heterocycles. The van der Waals surface area contributed by atoms with Gasteiger partial charge in [0.2, 0.25) is 0 Å². The van der Waals surface area contributed by atoms with E-state index in [1.807, 2.05) is 20.8 Å². The van der Waals surface area contributed by atoms with E-state index in [4.69, 9.17) is 10.7 Å². The van der Waals surface area contributed by atoms with E-state index in [2.05, 4.69) is 5.32 Å². The Labute approximate surface area is 112 Å². The van der Waals surface area contributed by atoms with Crippen molar-refractivity contribution in [2.75, 3.05) is 0 Å². The zero-order valence-electron chi connectivity index (χ0n) is 10.5. The maximum Gasteiger partial charge on any atom is 0.261 e. The zero-order valence-corrected chi connectivity index (χ0v) is 12.0. The van der Waals surface area contributed by atoms with Gasteiger partial charge >= 0.3 is 0 Å². The van der Waals surface area contributed by atoms with Crippen LogP contribution in [0.15, 0.2) is 29.2 Å². The summed E-state index contributed by atoms with van der Waals surface area (Å²) in [6.45, 7) is 5.87. The van der Waals surface area contributed by atoms with E-state index in [9.17, 15) is 13.2 Å². The molecule has 0 heterocycles. The Hall–Kier alpha value is -1.07. The molecule has 0 fully saturated rings. The highest BCUT2D eigenvalue weighted by Crippen LogP contribution is 2.16. The average Bonchev–Trinajstić information content (AvgIpc) is 2.27. The molecule has 0 saturated heterocycles. The summed E-state index contributed by atoms with van der Waals surface area (Å²) in [4.78, 5) is 11.8. The molecule has 0 saturated carbocycles. The smallest absolute Gasteiger partial charge is 0.261 e.